The number of pyridine rings is 1. The second kappa shape index (κ2) is 8.58. The highest BCUT2D eigenvalue weighted by Gasteiger charge is 2.23. The lowest BCUT2D eigenvalue weighted by molar-refractivity contribution is 0.0910. The summed E-state index contributed by atoms with van der Waals surface area (Å²) in [5.74, 6) is 1.40. The molecule has 0 radical (unpaired) electrons. The van der Waals surface area contributed by atoms with Crippen molar-refractivity contribution in [3.05, 3.63) is 35.0 Å². The number of hydrogen-bond acceptors (Lipinski definition) is 4. The molecule has 2 heterocycles. The minimum Gasteiger partial charge on any atom is -0.497 e. The fourth-order valence-electron chi connectivity index (χ4n) is 3.55. The van der Waals surface area contributed by atoms with Crippen LogP contribution in [0.3, 0.4) is 0 Å². The molecule has 1 amide bonds. The van der Waals surface area contributed by atoms with E-state index in [1.54, 1.807) is 18.2 Å². The lowest BCUT2D eigenvalue weighted by Crippen LogP contribution is -2.38. The van der Waals surface area contributed by atoms with E-state index in [4.69, 9.17) is 21.1 Å². The van der Waals surface area contributed by atoms with Gasteiger partial charge in [0.1, 0.15) is 5.75 Å². The number of piperidine rings is 1. The molecule has 1 saturated heterocycles. The molecule has 0 saturated carbocycles. The van der Waals surface area contributed by atoms with Crippen LogP contribution in [-0.4, -0.2) is 42.8 Å². The molecule has 6 heteroatoms. The number of aryl methyl sites for hydroxylation is 1. The van der Waals surface area contributed by atoms with E-state index in [0.29, 0.717) is 17.5 Å². The first-order valence-electron chi connectivity index (χ1n) is 9.15. The highest BCUT2D eigenvalue weighted by Crippen LogP contribution is 2.31. The zero-order valence-electron chi connectivity index (χ0n) is 15.3. The summed E-state index contributed by atoms with van der Waals surface area (Å²) >= 11 is 6.44. The van der Waals surface area contributed by atoms with E-state index in [1.165, 1.54) is 0 Å². The molecule has 1 aliphatic heterocycles. The van der Waals surface area contributed by atoms with Crippen LogP contribution in [0.2, 0.25) is 5.02 Å². The molecule has 0 bridgehead atoms. The van der Waals surface area contributed by atoms with Crippen LogP contribution in [0.4, 0.5) is 4.79 Å². The fraction of sp³-hybridized carbons (Fsp3) is 0.500. The number of likely N-dealkylation sites (tertiary alicyclic amines) is 1. The predicted octanol–water partition coefficient (Wildman–Crippen LogP) is 4.70. The van der Waals surface area contributed by atoms with E-state index in [2.05, 4.69) is 4.98 Å². The molecule has 0 N–H and O–H groups in total. The molecule has 1 aromatic carbocycles. The monoisotopic (exact) mass is 376 g/mol. The van der Waals surface area contributed by atoms with Crippen molar-refractivity contribution in [1.82, 2.24) is 9.88 Å². The molecule has 0 spiro atoms. The Labute approximate surface area is 159 Å². The Kier molecular flexibility index (Phi) is 6.20. The van der Waals surface area contributed by atoms with Gasteiger partial charge in [-0.3, -0.25) is 4.98 Å². The van der Waals surface area contributed by atoms with Crippen molar-refractivity contribution in [3.63, 3.8) is 0 Å². The van der Waals surface area contributed by atoms with Gasteiger partial charge in [0.05, 0.1) is 24.3 Å². The summed E-state index contributed by atoms with van der Waals surface area (Å²) in [5.41, 5.74) is 2.06. The minimum absolute atomic E-state index is 0.193. The topological polar surface area (TPSA) is 51.7 Å². The second-order valence-corrected chi connectivity index (χ2v) is 7.04. The Morgan fingerprint density at radius 1 is 1.35 bits per heavy atom. The molecular formula is C20H25ClN2O3. The molecule has 1 aromatic heterocycles. The molecule has 1 aliphatic rings. The van der Waals surface area contributed by atoms with Crippen LogP contribution in [0.1, 0.15) is 31.7 Å². The molecule has 5 nitrogen and oxygen atoms in total. The lowest BCUT2D eigenvalue weighted by Gasteiger charge is -2.31. The maximum absolute atomic E-state index is 11.8. The molecule has 140 valence electrons. The number of hydrogen-bond donors (Lipinski definition) is 0. The van der Waals surface area contributed by atoms with E-state index in [0.717, 1.165) is 61.0 Å². The molecule has 26 heavy (non-hydrogen) atoms. The Balaban J connectivity index is 1.65. The molecule has 3 rings (SSSR count). The average molecular weight is 377 g/mol. The number of fused-ring (bicyclic) bond motifs is 1. The van der Waals surface area contributed by atoms with E-state index in [1.807, 2.05) is 25.1 Å². The summed E-state index contributed by atoms with van der Waals surface area (Å²) in [6.07, 6.45) is 5.49. The van der Waals surface area contributed by atoms with Crippen molar-refractivity contribution >= 4 is 28.6 Å². The molecule has 1 fully saturated rings. The number of rotatable bonds is 5. The first kappa shape index (κ1) is 18.8. The second-order valence-electron chi connectivity index (χ2n) is 6.64. The molecule has 0 unspecified atom stereocenters. The Morgan fingerprint density at radius 2 is 2.12 bits per heavy atom. The van der Waals surface area contributed by atoms with Gasteiger partial charge in [0, 0.05) is 24.7 Å². The number of halogens is 1. The number of aromatic nitrogens is 1. The third-order valence-electron chi connectivity index (χ3n) is 5.08. The summed E-state index contributed by atoms with van der Waals surface area (Å²) in [5, 5.41) is 1.76. The summed E-state index contributed by atoms with van der Waals surface area (Å²) in [4.78, 5) is 18.0. The Morgan fingerprint density at radius 3 is 2.81 bits per heavy atom. The van der Waals surface area contributed by atoms with Gasteiger partial charge in [-0.2, -0.15) is 0 Å². The lowest BCUT2D eigenvalue weighted by atomic mass is 9.90. The SMILES string of the molecule is CCOC(=O)N1CCC(CCc2c(Cl)cnc3ccc(OC)cc23)CC1. The predicted molar refractivity (Wildman–Crippen MR) is 103 cm³/mol. The highest BCUT2D eigenvalue weighted by molar-refractivity contribution is 6.32. The van der Waals surface area contributed by atoms with Crippen LogP contribution in [0.5, 0.6) is 5.75 Å². The normalized spacial score (nSPS) is 15.3. The zero-order valence-corrected chi connectivity index (χ0v) is 16.1. The average Bonchev–Trinajstić information content (AvgIpc) is 2.67. The number of methoxy groups -OCH3 is 1. The van der Waals surface area contributed by atoms with Crippen LogP contribution >= 0.6 is 11.6 Å². The van der Waals surface area contributed by atoms with Crippen molar-refractivity contribution in [2.24, 2.45) is 5.92 Å². The van der Waals surface area contributed by atoms with Gasteiger partial charge in [-0.15, -0.1) is 0 Å². The van der Waals surface area contributed by atoms with Crippen molar-refractivity contribution in [2.45, 2.75) is 32.6 Å². The van der Waals surface area contributed by atoms with E-state index in [-0.39, 0.29) is 6.09 Å². The quantitative estimate of drug-likeness (QED) is 0.759. The number of amides is 1. The van der Waals surface area contributed by atoms with Gasteiger partial charge in [-0.25, -0.2) is 4.79 Å². The van der Waals surface area contributed by atoms with Crippen LogP contribution in [0.15, 0.2) is 24.4 Å². The van der Waals surface area contributed by atoms with Crippen LogP contribution < -0.4 is 4.74 Å². The maximum atomic E-state index is 11.8. The van der Waals surface area contributed by atoms with Crippen molar-refractivity contribution in [3.8, 4) is 5.75 Å². The summed E-state index contributed by atoms with van der Waals surface area (Å²) in [7, 11) is 1.66. The third-order valence-corrected chi connectivity index (χ3v) is 5.40. The van der Waals surface area contributed by atoms with E-state index >= 15 is 0 Å². The van der Waals surface area contributed by atoms with Gasteiger partial charge < -0.3 is 14.4 Å². The molecule has 2 aromatic rings. The van der Waals surface area contributed by atoms with Crippen LogP contribution in [-0.2, 0) is 11.2 Å². The molecule has 0 atom stereocenters. The van der Waals surface area contributed by atoms with Crippen molar-refractivity contribution < 1.29 is 14.3 Å². The molecule has 0 aliphatic carbocycles. The van der Waals surface area contributed by atoms with Gasteiger partial charge in [0.2, 0.25) is 0 Å². The standard InChI is InChI=1S/C20H25ClN2O3/c1-3-26-20(24)23-10-8-14(9-11-23)4-6-16-17-12-15(25-2)5-7-19(17)22-13-18(16)21/h5,7,12-14H,3-4,6,8-11H2,1-2H3. The number of carbonyl (C=O) groups is 1. The van der Waals surface area contributed by atoms with Crippen LogP contribution in [0.25, 0.3) is 10.9 Å². The van der Waals surface area contributed by atoms with Crippen LogP contribution in [0, 0.1) is 5.92 Å². The first-order chi connectivity index (χ1) is 12.6. The largest absolute Gasteiger partial charge is 0.497 e. The highest BCUT2D eigenvalue weighted by atomic mass is 35.5. The van der Waals surface area contributed by atoms with Crippen molar-refractivity contribution in [1.29, 1.82) is 0 Å². The van der Waals surface area contributed by atoms with E-state index in [9.17, 15) is 4.79 Å². The number of ether oxygens (including phenoxy) is 2. The maximum Gasteiger partial charge on any atom is 0.409 e. The summed E-state index contributed by atoms with van der Waals surface area (Å²) in [6.45, 7) is 3.79. The Bertz CT molecular complexity index is 773. The fourth-order valence-corrected chi connectivity index (χ4v) is 3.80. The zero-order chi connectivity index (χ0) is 18.5. The number of benzene rings is 1. The minimum atomic E-state index is -0.193. The van der Waals surface area contributed by atoms with Gasteiger partial charge in [0.15, 0.2) is 0 Å². The van der Waals surface area contributed by atoms with Gasteiger partial charge >= 0.3 is 6.09 Å². The number of carbonyl (C=O) groups excluding carboxylic acids is 1. The summed E-state index contributed by atoms with van der Waals surface area (Å²) < 4.78 is 10.4. The van der Waals surface area contributed by atoms with Gasteiger partial charge in [-0.05, 0) is 62.3 Å². The third kappa shape index (κ3) is 4.21. The van der Waals surface area contributed by atoms with Crippen molar-refractivity contribution in [2.75, 3.05) is 26.8 Å². The molecular weight excluding hydrogens is 352 g/mol. The first-order valence-corrected chi connectivity index (χ1v) is 9.53. The van der Waals surface area contributed by atoms with Gasteiger partial charge in [-0.1, -0.05) is 11.6 Å². The Hall–Kier alpha value is -2.01. The number of nitrogens with zero attached hydrogens (tertiary/aromatic N) is 2. The van der Waals surface area contributed by atoms with Gasteiger partial charge in [0.25, 0.3) is 0 Å². The smallest absolute Gasteiger partial charge is 0.409 e. The van der Waals surface area contributed by atoms with E-state index < -0.39 is 0 Å². The summed E-state index contributed by atoms with van der Waals surface area (Å²) in [6, 6.07) is 5.89.